The predicted octanol–water partition coefficient (Wildman–Crippen LogP) is 2.13. The van der Waals surface area contributed by atoms with Crippen LogP contribution in [0.5, 0.6) is 0 Å². The molecule has 0 aromatic carbocycles. The summed E-state index contributed by atoms with van der Waals surface area (Å²) in [4.78, 5) is 8.60. The highest BCUT2D eigenvalue weighted by atomic mass is 16.5. The van der Waals surface area contributed by atoms with E-state index in [1.807, 2.05) is 32.9 Å². The third-order valence-corrected chi connectivity index (χ3v) is 2.32. The summed E-state index contributed by atoms with van der Waals surface area (Å²) in [7, 11) is 0. The summed E-state index contributed by atoms with van der Waals surface area (Å²) in [6.07, 6.45) is 0. The molecule has 0 aliphatic carbocycles. The molecule has 2 N–H and O–H groups in total. The van der Waals surface area contributed by atoms with E-state index in [0.29, 0.717) is 6.54 Å². The number of nitrogens with zero attached hydrogens (tertiary/aromatic N) is 3. The summed E-state index contributed by atoms with van der Waals surface area (Å²) >= 11 is 0. The largest absolute Gasteiger partial charge is 0.370 e. The topological polar surface area (TPSA) is 75.9 Å². The highest BCUT2D eigenvalue weighted by molar-refractivity contribution is 5.47. The molecular formula is C12H17N5O. The first kappa shape index (κ1) is 12.3. The van der Waals surface area contributed by atoms with Gasteiger partial charge in [-0.3, -0.25) is 0 Å². The maximum Gasteiger partial charge on any atom is 0.133 e. The van der Waals surface area contributed by atoms with Crippen molar-refractivity contribution >= 4 is 11.6 Å². The van der Waals surface area contributed by atoms with Crippen LogP contribution in [0.4, 0.5) is 11.6 Å². The summed E-state index contributed by atoms with van der Waals surface area (Å²) in [6, 6.07) is 3.77. The molecule has 6 heteroatoms. The number of aryl methyl sites for hydroxylation is 2. The first-order valence-electron chi connectivity index (χ1n) is 5.93. The van der Waals surface area contributed by atoms with E-state index >= 15 is 0 Å². The van der Waals surface area contributed by atoms with Gasteiger partial charge in [-0.05, 0) is 20.8 Å². The first-order valence-corrected chi connectivity index (χ1v) is 5.93. The molecule has 0 radical (unpaired) electrons. The number of hydrogen-bond donors (Lipinski definition) is 2. The van der Waals surface area contributed by atoms with Gasteiger partial charge in [-0.1, -0.05) is 5.16 Å². The first-order chi connectivity index (χ1) is 8.67. The summed E-state index contributed by atoms with van der Waals surface area (Å²) < 4.78 is 5.00. The summed E-state index contributed by atoms with van der Waals surface area (Å²) in [5.41, 5.74) is 0.855. The Morgan fingerprint density at radius 3 is 2.44 bits per heavy atom. The average molecular weight is 247 g/mol. The van der Waals surface area contributed by atoms with Crippen LogP contribution in [-0.2, 0) is 6.54 Å². The zero-order valence-electron chi connectivity index (χ0n) is 10.8. The molecule has 2 aromatic rings. The van der Waals surface area contributed by atoms with Crippen LogP contribution in [0.3, 0.4) is 0 Å². The highest BCUT2D eigenvalue weighted by Gasteiger charge is 2.03. The normalized spacial score (nSPS) is 10.4. The van der Waals surface area contributed by atoms with Gasteiger partial charge in [0.1, 0.15) is 28.9 Å². The van der Waals surface area contributed by atoms with E-state index in [1.165, 1.54) is 0 Å². The summed E-state index contributed by atoms with van der Waals surface area (Å²) in [5.74, 6) is 3.13. The van der Waals surface area contributed by atoms with E-state index in [-0.39, 0.29) is 0 Å². The molecule has 0 unspecified atom stereocenters. The van der Waals surface area contributed by atoms with Crippen LogP contribution < -0.4 is 10.6 Å². The molecule has 0 saturated carbocycles. The van der Waals surface area contributed by atoms with E-state index in [9.17, 15) is 0 Å². The molecule has 0 aliphatic heterocycles. The molecule has 18 heavy (non-hydrogen) atoms. The zero-order chi connectivity index (χ0) is 13.0. The van der Waals surface area contributed by atoms with Crippen LogP contribution in [0.15, 0.2) is 16.7 Å². The van der Waals surface area contributed by atoms with Crippen LogP contribution in [0.2, 0.25) is 0 Å². The molecule has 0 saturated heterocycles. The van der Waals surface area contributed by atoms with Crippen LogP contribution in [-0.4, -0.2) is 21.7 Å². The van der Waals surface area contributed by atoms with Crippen molar-refractivity contribution in [3.8, 4) is 0 Å². The average Bonchev–Trinajstić information content (AvgIpc) is 2.72. The molecule has 96 valence electrons. The number of aromatic nitrogens is 3. The van der Waals surface area contributed by atoms with Crippen molar-refractivity contribution in [1.29, 1.82) is 0 Å². The van der Waals surface area contributed by atoms with Crippen molar-refractivity contribution in [3.05, 3.63) is 29.4 Å². The SMILES string of the molecule is CCNc1cc(NCc2cc(C)on2)nc(C)n1. The third-order valence-electron chi connectivity index (χ3n) is 2.32. The van der Waals surface area contributed by atoms with Crippen molar-refractivity contribution < 1.29 is 4.52 Å². The molecular weight excluding hydrogens is 230 g/mol. The van der Waals surface area contributed by atoms with E-state index in [1.54, 1.807) is 0 Å². The summed E-state index contributed by atoms with van der Waals surface area (Å²) in [5, 5.41) is 10.3. The molecule has 6 nitrogen and oxygen atoms in total. The van der Waals surface area contributed by atoms with Crippen LogP contribution in [0.1, 0.15) is 24.2 Å². The van der Waals surface area contributed by atoms with Gasteiger partial charge in [-0.2, -0.15) is 0 Å². The number of rotatable bonds is 5. The third kappa shape index (κ3) is 3.19. The second kappa shape index (κ2) is 5.48. The molecule has 0 atom stereocenters. The molecule has 0 bridgehead atoms. The van der Waals surface area contributed by atoms with Gasteiger partial charge in [-0.15, -0.1) is 0 Å². The fourth-order valence-electron chi connectivity index (χ4n) is 1.61. The van der Waals surface area contributed by atoms with Crippen molar-refractivity contribution in [3.63, 3.8) is 0 Å². The van der Waals surface area contributed by atoms with Crippen LogP contribution in [0.25, 0.3) is 0 Å². The molecule has 2 rings (SSSR count). The van der Waals surface area contributed by atoms with Gasteiger partial charge >= 0.3 is 0 Å². The van der Waals surface area contributed by atoms with Crippen molar-refractivity contribution in [1.82, 2.24) is 15.1 Å². The Balaban J connectivity index is 2.04. The highest BCUT2D eigenvalue weighted by Crippen LogP contribution is 2.12. The Morgan fingerprint density at radius 2 is 1.83 bits per heavy atom. The quantitative estimate of drug-likeness (QED) is 0.843. The Morgan fingerprint density at radius 1 is 1.11 bits per heavy atom. The lowest BCUT2D eigenvalue weighted by Crippen LogP contribution is -2.06. The lowest BCUT2D eigenvalue weighted by molar-refractivity contribution is 0.391. The van der Waals surface area contributed by atoms with Gasteiger partial charge in [-0.25, -0.2) is 9.97 Å². The minimum Gasteiger partial charge on any atom is -0.370 e. The van der Waals surface area contributed by atoms with Gasteiger partial charge in [0, 0.05) is 18.7 Å². The number of hydrogen-bond acceptors (Lipinski definition) is 6. The number of anilines is 2. The Kier molecular flexibility index (Phi) is 3.76. The van der Waals surface area contributed by atoms with E-state index in [4.69, 9.17) is 4.52 Å². The van der Waals surface area contributed by atoms with Gasteiger partial charge < -0.3 is 15.2 Å². The molecule has 0 amide bonds. The minimum absolute atomic E-state index is 0.583. The molecule has 2 heterocycles. The lowest BCUT2D eigenvalue weighted by atomic mass is 10.3. The zero-order valence-corrected chi connectivity index (χ0v) is 10.8. The smallest absolute Gasteiger partial charge is 0.133 e. The van der Waals surface area contributed by atoms with Crippen LogP contribution in [0, 0.1) is 13.8 Å². The van der Waals surface area contributed by atoms with E-state index in [2.05, 4.69) is 25.8 Å². The fourth-order valence-corrected chi connectivity index (χ4v) is 1.61. The monoisotopic (exact) mass is 247 g/mol. The van der Waals surface area contributed by atoms with Gasteiger partial charge in [0.25, 0.3) is 0 Å². The maximum absolute atomic E-state index is 5.00. The maximum atomic E-state index is 5.00. The molecule has 0 spiro atoms. The van der Waals surface area contributed by atoms with Crippen molar-refractivity contribution in [2.24, 2.45) is 0 Å². The van der Waals surface area contributed by atoms with Crippen molar-refractivity contribution in [2.45, 2.75) is 27.3 Å². The van der Waals surface area contributed by atoms with Gasteiger partial charge in [0.15, 0.2) is 0 Å². The summed E-state index contributed by atoms with van der Waals surface area (Å²) in [6.45, 7) is 7.18. The van der Waals surface area contributed by atoms with Crippen LogP contribution >= 0.6 is 0 Å². The lowest BCUT2D eigenvalue weighted by Gasteiger charge is -2.07. The Labute approximate surface area is 106 Å². The number of nitrogens with one attached hydrogen (secondary N) is 2. The second-order valence-corrected chi connectivity index (χ2v) is 4.00. The Hall–Kier alpha value is -2.11. The predicted molar refractivity (Wildman–Crippen MR) is 69.5 cm³/mol. The minimum atomic E-state index is 0.583. The standard InChI is InChI=1S/C12H17N5O/c1-4-13-11-6-12(16-9(3)15-11)14-7-10-5-8(2)18-17-10/h5-6H,4,7H2,1-3H3,(H2,13,14,15,16). The van der Waals surface area contributed by atoms with Crippen molar-refractivity contribution in [2.75, 3.05) is 17.2 Å². The molecule has 2 aromatic heterocycles. The van der Waals surface area contributed by atoms with E-state index in [0.717, 1.165) is 35.5 Å². The fraction of sp³-hybridized carbons (Fsp3) is 0.417. The van der Waals surface area contributed by atoms with Gasteiger partial charge in [0.2, 0.25) is 0 Å². The molecule has 0 fully saturated rings. The Bertz CT molecular complexity index is 523. The van der Waals surface area contributed by atoms with Gasteiger partial charge in [0.05, 0.1) is 6.54 Å². The van der Waals surface area contributed by atoms with E-state index < -0.39 is 0 Å². The molecule has 0 aliphatic rings. The second-order valence-electron chi connectivity index (χ2n) is 4.00.